The molecule has 3 nitrogen and oxygen atoms in total. The standard InChI is InChI=1S/C34H56O3/c1-8-12-13-24(5)27-14-15-28-32-29(23-31(34(27,28)7)37-20-11-4)33(6)17-16-26(35-18-9-2)21-25(33)22-30(32)36-19-10-3/h9-11,24-32H,2-4,8,12-23H2,1,5-7H3/t24-,25?,26-,27-,28+,29+,30-,31+,32?,33+,34-/m1/s1. The van der Waals surface area contributed by atoms with Crippen LogP contribution in [0.2, 0.25) is 0 Å². The van der Waals surface area contributed by atoms with Gasteiger partial charge in [0.05, 0.1) is 38.1 Å². The van der Waals surface area contributed by atoms with Crippen molar-refractivity contribution < 1.29 is 14.2 Å². The van der Waals surface area contributed by atoms with Crippen molar-refractivity contribution in [3.8, 4) is 0 Å². The molecule has 0 N–H and O–H groups in total. The van der Waals surface area contributed by atoms with Crippen molar-refractivity contribution in [1.29, 1.82) is 0 Å². The van der Waals surface area contributed by atoms with Crippen LogP contribution in [-0.2, 0) is 14.2 Å². The molecule has 11 atom stereocenters. The van der Waals surface area contributed by atoms with E-state index in [9.17, 15) is 0 Å². The zero-order chi connectivity index (χ0) is 26.6. The van der Waals surface area contributed by atoms with Crippen LogP contribution in [-0.4, -0.2) is 38.1 Å². The molecule has 0 aliphatic heterocycles. The SMILES string of the molecule is C=CCO[C@@H]1CC[C@@]2(C)C(C1)C[C@@H](OCC=C)C1[C@@H]3CC[C@H]([C@H](C)CCCC)[C@@]3(C)[C@@H](OCC=C)C[C@@H]12. The highest BCUT2D eigenvalue weighted by molar-refractivity contribution is 5.15. The summed E-state index contributed by atoms with van der Waals surface area (Å²) >= 11 is 0. The lowest BCUT2D eigenvalue weighted by Crippen LogP contribution is -2.63. The monoisotopic (exact) mass is 512 g/mol. The van der Waals surface area contributed by atoms with E-state index in [0.29, 0.717) is 67.2 Å². The average Bonchev–Trinajstić information content (AvgIpc) is 3.26. The van der Waals surface area contributed by atoms with E-state index < -0.39 is 0 Å². The molecule has 4 rings (SSSR count). The van der Waals surface area contributed by atoms with Gasteiger partial charge in [-0.15, -0.1) is 19.7 Å². The lowest BCUT2D eigenvalue weighted by molar-refractivity contribution is -0.223. The van der Waals surface area contributed by atoms with Crippen LogP contribution in [0.1, 0.15) is 91.9 Å². The van der Waals surface area contributed by atoms with E-state index in [1.54, 1.807) is 0 Å². The Morgan fingerprint density at radius 2 is 1.57 bits per heavy atom. The second-order valence-corrected chi connectivity index (χ2v) is 13.4. The molecule has 0 heterocycles. The molecule has 0 aromatic carbocycles. The molecule has 4 saturated carbocycles. The molecular weight excluding hydrogens is 456 g/mol. The molecule has 210 valence electrons. The first-order valence-corrected chi connectivity index (χ1v) is 15.5. The van der Waals surface area contributed by atoms with Crippen LogP contribution in [0.15, 0.2) is 38.0 Å². The molecule has 0 spiro atoms. The van der Waals surface area contributed by atoms with Gasteiger partial charge < -0.3 is 14.2 Å². The number of unbranched alkanes of at least 4 members (excludes halogenated alkanes) is 1. The first-order chi connectivity index (χ1) is 17.8. The first-order valence-electron chi connectivity index (χ1n) is 15.5. The Morgan fingerprint density at radius 1 is 0.865 bits per heavy atom. The Morgan fingerprint density at radius 3 is 2.27 bits per heavy atom. The summed E-state index contributed by atoms with van der Waals surface area (Å²) in [7, 11) is 0. The summed E-state index contributed by atoms with van der Waals surface area (Å²) < 4.78 is 19.7. The van der Waals surface area contributed by atoms with Gasteiger partial charge in [-0.3, -0.25) is 0 Å². The van der Waals surface area contributed by atoms with Crippen molar-refractivity contribution in [3.63, 3.8) is 0 Å². The summed E-state index contributed by atoms with van der Waals surface area (Å²) in [5.74, 6) is 4.03. The maximum Gasteiger partial charge on any atom is 0.0648 e. The fourth-order valence-corrected chi connectivity index (χ4v) is 9.94. The lowest BCUT2D eigenvalue weighted by Gasteiger charge is -2.64. The topological polar surface area (TPSA) is 27.7 Å². The number of hydrogen-bond acceptors (Lipinski definition) is 3. The highest BCUT2D eigenvalue weighted by Crippen LogP contribution is 2.69. The van der Waals surface area contributed by atoms with Crippen molar-refractivity contribution in [1.82, 2.24) is 0 Å². The molecule has 2 unspecified atom stereocenters. The van der Waals surface area contributed by atoms with Crippen molar-refractivity contribution in [3.05, 3.63) is 38.0 Å². The summed E-state index contributed by atoms with van der Waals surface area (Å²) in [6, 6.07) is 0. The third-order valence-electron chi connectivity index (χ3n) is 11.7. The molecule has 4 fully saturated rings. The van der Waals surface area contributed by atoms with E-state index in [2.05, 4.69) is 47.4 Å². The molecule has 0 aromatic rings. The molecule has 0 aromatic heterocycles. The minimum atomic E-state index is 0.209. The van der Waals surface area contributed by atoms with Gasteiger partial charge in [-0.2, -0.15) is 0 Å². The summed E-state index contributed by atoms with van der Waals surface area (Å²) in [6.45, 7) is 23.9. The average molecular weight is 513 g/mol. The predicted molar refractivity (Wildman–Crippen MR) is 154 cm³/mol. The number of rotatable bonds is 13. The molecule has 4 aliphatic carbocycles. The van der Waals surface area contributed by atoms with E-state index in [-0.39, 0.29) is 5.41 Å². The molecule has 0 saturated heterocycles. The zero-order valence-corrected chi connectivity index (χ0v) is 24.5. The second-order valence-electron chi connectivity index (χ2n) is 13.4. The quantitative estimate of drug-likeness (QED) is 0.232. The van der Waals surface area contributed by atoms with E-state index >= 15 is 0 Å². The second kappa shape index (κ2) is 12.5. The predicted octanol–water partition coefficient (Wildman–Crippen LogP) is 8.41. The van der Waals surface area contributed by atoms with Gasteiger partial charge in [-0.1, -0.05) is 65.2 Å². The van der Waals surface area contributed by atoms with Gasteiger partial charge in [0.15, 0.2) is 0 Å². The van der Waals surface area contributed by atoms with E-state index in [0.717, 1.165) is 18.3 Å². The van der Waals surface area contributed by atoms with Crippen LogP contribution < -0.4 is 0 Å². The largest absolute Gasteiger partial charge is 0.374 e. The van der Waals surface area contributed by atoms with Crippen molar-refractivity contribution >= 4 is 0 Å². The molecular formula is C34H56O3. The van der Waals surface area contributed by atoms with Gasteiger partial charge in [0.25, 0.3) is 0 Å². The Hall–Kier alpha value is -0.900. The van der Waals surface area contributed by atoms with Crippen LogP contribution in [0.5, 0.6) is 0 Å². The van der Waals surface area contributed by atoms with Gasteiger partial charge >= 0.3 is 0 Å². The minimum absolute atomic E-state index is 0.209. The maximum atomic E-state index is 6.79. The Bertz CT molecular complexity index is 777. The summed E-state index contributed by atoms with van der Waals surface area (Å²) in [5.41, 5.74) is 0.538. The van der Waals surface area contributed by atoms with Gasteiger partial charge in [0.2, 0.25) is 0 Å². The van der Waals surface area contributed by atoms with Crippen molar-refractivity contribution in [2.24, 2.45) is 46.3 Å². The normalized spacial score (nSPS) is 43.8. The smallest absolute Gasteiger partial charge is 0.0648 e. The molecule has 4 aliphatic rings. The Kier molecular flexibility index (Phi) is 9.84. The summed E-state index contributed by atoms with van der Waals surface area (Å²) in [6.07, 6.45) is 19.3. The number of fused-ring (bicyclic) bond motifs is 5. The highest BCUT2D eigenvalue weighted by Gasteiger charge is 2.66. The van der Waals surface area contributed by atoms with Crippen molar-refractivity contribution in [2.45, 2.75) is 110 Å². The van der Waals surface area contributed by atoms with Gasteiger partial charge in [0.1, 0.15) is 0 Å². The fourth-order valence-electron chi connectivity index (χ4n) is 9.94. The third-order valence-corrected chi connectivity index (χ3v) is 11.7. The lowest BCUT2D eigenvalue weighted by atomic mass is 9.43. The first kappa shape index (κ1) is 29.1. The van der Waals surface area contributed by atoms with E-state index in [1.807, 2.05) is 18.2 Å². The van der Waals surface area contributed by atoms with Crippen LogP contribution in [0.3, 0.4) is 0 Å². The minimum Gasteiger partial charge on any atom is -0.374 e. The zero-order valence-electron chi connectivity index (χ0n) is 24.5. The van der Waals surface area contributed by atoms with Crippen LogP contribution in [0, 0.1) is 46.3 Å². The van der Waals surface area contributed by atoms with Crippen LogP contribution in [0.4, 0.5) is 0 Å². The maximum absolute atomic E-state index is 6.79. The Labute approximate surface area is 228 Å². The van der Waals surface area contributed by atoms with E-state index in [1.165, 1.54) is 57.8 Å². The van der Waals surface area contributed by atoms with Crippen molar-refractivity contribution in [2.75, 3.05) is 19.8 Å². The molecule has 0 amide bonds. The molecule has 37 heavy (non-hydrogen) atoms. The summed E-state index contributed by atoms with van der Waals surface area (Å²) in [5, 5.41) is 0. The number of ether oxygens (including phenoxy) is 3. The van der Waals surface area contributed by atoms with Gasteiger partial charge in [0, 0.05) is 5.41 Å². The Balaban J connectivity index is 1.68. The highest BCUT2D eigenvalue weighted by atomic mass is 16.5. The van der Waals surface area contributed by atoms with Gasteiger partial charge in [-0.05, 0) is 85.9 Å². The molecule has 0 radical (unpaired) electrons. The van der Waals surface area contributed by atoms with Crippen LogP contribution in [0.25, 0.3) is 0 Å². The van der Waals surface area contributed by atoms with Crippen LogP contribution >= 0.6 is 0 Å². The van der Waals surface area contributed by atoms with E-state index in [4.69, 9.17) is 14.2 Å². The molecule has 0 bridgehead atoms. The number of hydrogen-bond donors (Lipinski definition) is 0. The molecule has 3 heteroatoms. The fraction of sp³-hybridized carbons (Fsp3) is 0.824. The van der Waals surface area contributed by atoms with Gasteiger partial charge in [-0.25, -0.2) is 0 Å². The summed E-state index contributed by atoms with van der Waals surface area (Å²) in [4.78, 5) is 0. The third kappa shape index (κ3) is 5.44.